The van der Waals surface area contributed by atoms with Crippen molar-refractivity contribution in [2.24, 2.45) is 0 Å². The van der Waals surface area contributed by atoms with Crippen molar-refractivity contribution < 1.29 is 73.3 Å². The van der Waals surface area contributed by atoms with E-state index in [1.54, 1.807) is 0 Å². The van der Waals surface area contributed by atoms with Gasteiger partial charge in [-0.3, -0.25) is 13.9 Å². The number of ether oxygens (including phenoxy) is 2. The van der Waals surface area contributed by atoms with Crippen molar-refractivity contribution >= 4 is 25.5 Å². The number of nitrogens with two attached hydrogens (primary N) is 1. The summed E-state index contributed by atoms with van der Waals surface area (Å²) in [7, 11) is -5.52. The van der Waals surface area contributed by atoms with Crippen molar-refractivity contribution in [3.8, 4) is 0 Å². The van der Waals surface area contributed by atoms with Gasteiger partial charge in [0.05, 0.1) is 25.4 Å². The average Bonchev–Trinajstić information content (AvgIpc) is 3.16. The predicted octanol–water partition coefficient (Wildman–Crippen LogP) is -5.27. The molecule has 2 saturated heterocycles. The number of hydrogen-bond acceptors (Lipinski definition) is 16. The fraction of sp³-hybridized carbons (Fsp3) is 0.700. The summed E-state index contributed by atoms with van der Waals surface area (Å²) in [6.07, 6.45) is -14.6. The number of nitrogen functional groups attached to an aromatic ring is 1. The van der Waals surface area contributed by atoms with E-state index in [-0.39, 0.29) is 5.82 Å². The van der Waals surface area contributed by atoms with Crippen LogP contribution in [0.15, 0.2) is 17.1 Å². The molecule has 21 heteroatoms. The Labute approximate surface area is 230 Å². The van der Waals surface area contributed by atoms with Gasteiger partial charge in [0.2, 0.25) is 5.91 Å². The number of phosphoric ester groups is 1. The molecular formula is C20H31N4O16P. The van der Waals surface area contributed by atoms with Crippen molar-refractivity contribution in [2.75, 3.05) is 18.9 Å². The summed E-state index contributed by atoms with van der Waals surface area (Å²) >= 11 is 0. The second-order valence-corrected chi connectivity index (χ2v) is 10.7. The molecular weight excluding hydrogens is 583 g/mol. The van der Waals surface area contributed by atoms with Crippen LogP contribution in [-0.4, -0.2) is 130 Å². The normalized spacial score (nSPS) is 34.9. The average molecular weight is 614 g/mol. The van der Waals surface area contributed by atoms with E-state index < -0.39 is 106 Å². The first-order valence-electron chi connectivity index (χ1n) is 11.9. The van der Waals surface area contributed by atoms with E-state index in [0.29, 0.717) is 0 Å². The Morgan fingerprint density at radius 3 is 2.54 bits per heavy atom. The fourth-order valence-electron chi connectivity index (χ4n) is 4.32. The summed E-state index contributed by atoms with van der Waals surface area (Å²) in [5.74, 6) is -6.20. The van der Waals surface area contributed by atoms with Crippen LogP contribution in [0.3, 0.4) is 0 Å². The zero-order valence-corrected chi connectivity index (χ0v) is 22.1. The topological polar surface area (TPSA) is 323 Å². The number of carboxylic acids is 1. The van der Waals surface area contributed by atoms with Crippen molar-refractivity contribution in [3.63, 3.8) is 0 Å². The minimum absolute atomic E-state index is 0.135. The standard InChI is InChI=1S/C20H31N4O16P/c1-7(26)22-12-8(27)4-20(18(32)33,39-16(12)13(29)9(28)5-25)40-41(35,36)37-6-10-14(30)15(31)17(38-10)24-3-2-11(21)23-19(24)34/h2-3,8-10,12-17,25,27-31H,4-6H2,1H3,(H,22,26)(H,32,33)(H,35,36)(H2,21,23,34)/t8-,9-,10+,12+,13+,14+,15-,16+,17-,20+/m1/s1. The van der Waals surface area contributed by atoms with Crippen LogP contribution in [0.1, 0.15) is 19.6 Å². The van der Waals surface area contributed by atoms with Crippen molar-refractivity contribution in [3.05, 3.63) is 22.7 Å². The smallest absolute Gasteiger partial charge is 0.475 e. The number of carbonyl (C=O) groups excluding carboxylic acids is 1. The number of aliphatic hydroxyl groups is 6. The van der Waals surface area contributed by atoms with E-state index in [2.05, 4.69) is 10.3 Å². The lowest BCUT2D eigenvalue weighted by Crippen LogP contribution is -2.67. The lowest BCUT2D eigenvalue weighted by atomic mass is 9.88. The van der Waals surface area contributed by atoms with Gasteiger partial charge >= 0.3 is 19.5 Å². The Morgan fingerprint density at radius 2 is 1.98 bits per heavy atom. The largest absolute Gasteiger partial charge is 0.477 e. The van der Waals surface area contributed by atoms with E-state index >= 15 is 0 Å². The first kappa shape index (κ1) is 32.9. The molecule has 2 aliphatic heterocycles. The van der Waals surface area contributed by atoms with Gasteiger partial charge in [0.1, 0.15) is 42.4 Å². The van der Waals surface area contributed by atoms with Crippen LogP contribution in [0.4, 0.5) is 5.82 Å². The quantitative estimate of drug-likeness (QED) is 0.104. The van der Waals surface area contributed by atoms with Crippen LogP contribution in [0, 0.1) is 0 Å². The van der Waals surface area contributed by atoms with E-state index in [4.69, 9.17) is 24.3 Å². The summed E-state index contributed by atoms with van der Waals surface area (Å²) in [4.78, 5) is 49.6. The van der Waals surface area contributed by atoms with Gasteiger partial charge < -0.3 is 61.2 Å². The monoisotopic (exact) mass is 614 g/mol. The van der Waals surface area contributed by atoms with Crippen LogP contribution in [0.25, 0.3) is 0 Å². The lowest BCUT2D eigenvalue weighted by molar-refractivity contribution is -0.289. The third-order valence-electron chi connectivity index (χ3n) is 6.31. The van der Waals surface area contributed by atoms with Gasteiger partial charge in [0.15, 0.2) is 6.23 Å². The minimum Gasteiger partial charge on any atom is -0.477 e. The molecule has 3 heterocycles. The molecule has 3 rings (SSSR count). The number of carboxylic acid groups (broad SMARTS) is 1. The predicted molar refractivity (Wildman–Crippen MR) is 128 cm³/mol. The highest BCUT2D eigenvalue weighted by Crippen LogP contribution is 2.51. The number of nitrogens with zero attached hydrogens (tertiary/aromatic N) is 2. The van der Waals surface area contributed by atoms with Crippen molar-refractivity contribution in [1.82, 2.24) is 14.9 Å². The van der Waals surface area contributed by atoms with E-state index in [1.807, 2.05) is 0 Å². The Balaban J connectivity index is 1.79. The molecule has 0 spiro atoms. The van der Waals surface area contributed by atoms with Crippen LogP contribution in [-0.2, 0) is 32.7 Å². The molecule has 0 aliphatic carbocycles. The van der Waals surface area contributed by atoms with Gasteiger partial charge in [-0.15, -0.1) is 0 Å². The molecule has 0 aromatic carbocycles. The lowest BCUT2D eigenvalue weighted by Gasteiger charge is -2.46. The summed E-state index contributed by atoms with van der Waals surface area (Å²) in [5, 5.41) is 72.7. The zero-order valence-electron chi connectivity index (χ0n) is 21.2. The van der Waals surface area contributed by atoms with Crippen LogP contribution >= 0.6 is 7.82 Å². The molecule has 2 fully saturated rings. The van der Waals surface area contributed by atoms with Gasteiger partial charge in [0, 0.05) is 19.5 Å². The number of nitrogens with one attached hydrogen (secondary N) is 1. The number of amides is 1. The maximum atomic E-state index is 12.8. The molecule has 232 valence electrons. The highest BCUT2D eigenvalue weighted by atomic mass is 31.2. The summed E-state index contributed by atoms with van der Waals surface area (Å²) in [6.45, 7) is -1.05. The first-order chi connectivity index (χ1) is 19.0. The third-order valence-corrected chi connectivity index (χ3v) is 7.32. The molecule has 20 nitrogen and oxygen atoms in total. The minimum atomic E-state index is -5.52. The Hall–Kier alpha value is -2.59. The molecule has 0 bridgehead atoms. The van der Waals surface area contributed by atoms with Gasteiger partial charge in [-0.05, 0) is 6.07 Å². The number of aliphatic hydroxyl groups excluding tert-OH is 6. The molecule has 1 aromatic rings. The summed E-state index contributed by atoms with van der Waals surface area (Å²) in [6, 6.07) is -0.362. The number of anilines is 1. The van der Waals surface area contributed by atoms with Crippen LogP contribution in [0.5, 0.6) is 0 Å². The molecule has 1 aromatic heterocycles. The molecule has 11 atom stereocenters. The third kappa shape index (κ3) is 7.25. The second-order valence-electron chi connectivity index (χ2n) is 9.32. The van der Waals surface area contributed by atoms with Crippen LogP contribution < -0.4 is 16.7 Å². The summed E-state index contributed by atoms with van der Waals surface area (Å²) in [5.41, 5.74) is 4.46. The SMILES string of the molecule is CC(=O)N[C@@H]1[C@@H]([C@@H](O)[C@H](O)CO)O[C@@](OP(=O)(O)OC[C@@H]2O[C@@H](n3ccc(N)nc3=O)[C@H](O)[C@H]2O)(C(=O)O)C[C@H]1O. The molecule has 1 unspecified atom stereocenters. The van der Waals surface area contributed by atoms with E-state index in [0.717, 1.165) is 17.7 Å². The van der Waals surface area contributed by atoms with Crippen LogP contribution in [0.2, 0.25) is 0 Å². The molecule has 2 aliphatic rings. The number of phosphoric acid groups is 1. The zero-order chi connectivity index (χ0) is 30.9. The molecule has 41 heavy (non-hydrogen) atoms. The maximum absolute atomic E-state index is 12.8. The van der Waals surface area contributed by atoms with Crippen molar-refractivity contribution in [1.29, 1.82) is 0 Å². The number of carbonyl (C=O) groups is 2. The van der Waals surface area contributed by atoms with Gasteiger partial charge in [0.25, 0.3) is 5.79 Å². The van der Waals surface area contributed by atoms with Gasteiger partial charge in [-0.2, -0.15) is 4.98 Å². The first-order valence-corrected chi connectivity index (χ1v) is 13.4. The Bertz CT molecular complexity index is 1220. The summed E-state index contributed by atoms with van der Waals surface area (Å²) < 4.78 is 33.7. The van der Waals surface area contributed by atoms with Gasteiger partial charge in [-0.25, -0.2) is 18.7 Å². The van der Waals surface area contributed by atoms with Crippen molar-refractivity contribution in [2.45, 2.75) is 74.1 Å². The number of aliphatic carboxylic acids is 1. The Kier molecular flexibility index (Phi) is 10.2. The highest BCUT2D eigenvalue weighted by Gasteiger charge is 2.59. The Morgan fingerprint density at radius 1 is 1.32 bits per heavy atom. The molecule has 11 N–H and O–H groups in total. The fourth-order valence-corrected chi connectivity index (χ4v) is 5.27. The highest BCUT2D eigenvalue weighted by molar-refractivity contribution is 7.47. The van der Waals surface area contributed by atoms with E-state index in [9.17, 15) is 59.6 Å². The molecule has 0 saturated carbocycles. The number of rotatable bonds is 11. The second kappa shape index (κ2) is 12.7. The van der Waals surface area contributed by atoms with Gasteiger partial charge in [-0.1, -0.05) is 0 Å². The van der Waals surface area contributed by atoms with E-state index in [1.165, 1.54) is 6.07 Å². The number of aromatic nitrogens is 2. The molecule has 0 radical (unpaired) electrons. The number of hydrogen-bond donors (Lipinski definition) is 10. The molecule has 1 amide bonds. The maximum Gasteiger partial charge on any atom is 0.475 e.